The first-order chi connectivity index (χ1) is 12.7. The molecular formula is C20H33NO5. The van der Waals surface area contributed by atoms with Gasteiger partial charge in [-0.15, -0.1) is 0 Å². The zero-order valence-corrected chi connectivity index (χ0v) is 15.8. The molecule has 2 N–H and O–H groups in total. The van der Waals surface area contributed by atoms with E-state index in [2.05, 4.69) is 23.0 Å². The summed E-state index contributed by atoms with van der Waals surface area (Å²) in [5.41, 5.74) is 0. The van der Waals surface area contributed by atoms with E-state index >= 15 is 0 Å². The van der Waals surface area contributed by atoms with Crippen molar-refractivity contribution in [1.82, 2.24) is 0 Å². The molecule has 1 heterocycles. The number of carbonyl (C=O) groups is 1. The van der Waals surface area contributed by atoms with Crippen LogP contribution >= 0.6 is 0 Å². The van der Waals surface area contributed by atoms with Gasteiger partial charge in [-0.1, -0.05) is 62.1 Å². The number of allylic oxidation sites excluding steroid dienone is 3. The van der Waals surface area contributed by atoms with Crippen molar-refractivity contribution < 1.29 is 24.9 Å². The van der Waals surface area contributed by atoms with Crippen LogP contribution in [0.5, 0.6) is 0 Å². The molecule has 1 rings (SSSR count). The Balaban J connectivity index is 2.14. The molecule has 6 heteroatoms. The number of oxime groups is 1. The highest BCUT2D eigenvalue weighted by Crippen LogP contribution is 2.21. The molecule has 0 saturated heterocycles. The van der Waals surface area contributed by atoms with E-state index in [1.807, 2.05) is 18.2 Å². The van der Waals surface area contributed by atoms with E-state index in [9.17, 15) is 9.90 Å². The quantitative estimate of drug-likeness (QED) is 0.185. The Morgan fingerprint density at radius 1 is 1.23 bits per heavy atom. The molecule has 0 aromatic rings. The Kier molecular flexibility index (Phi) is 12.5. The van der Waals surface area contributed by atoms with E-state index < -0.39 is 11.9 Å². The van der Waals surface area contributed by atoms with Crippen LogP contribution in [-0.4, -0.2) is 34.8 Å². The molecule has 26 heavy (non-hydrogen) atoms. The monoisotopic (exact) mass is 367 g/mol. The maximum Gasteiger partial charge on any atom is 0.310 e. The normalized spacial score (nSPS) is 19.2. The van der Waals surface area contributed by atoms with Gasteiger partial charge in [-0.3, -0.25) is 10.1 Å². The summed E-state index contributed by atoms with van der Waals surface area (Å²) in [4.78, 5) is 20.9. The number of hydrogen-bond acceptors (Lipinski definition) is 5. The first-order valence-corrected chi connectivity index (χ1v) is 9.71. The van der Waals surface area contributed by atoms with Gasteiger partial charge in [0.2, 0.25) is 0 Å². The average molecular weight is 367 g/mol. The van der Waals surface area contributed by atoms with Crippen LogP contribution in [0.1, 0.15) is 71.1 Å². The predicted octanol–water partition coefficient (Wildman–Crippen LogP) is 4.96. The van der Waals surface area contributed by atoms with Crippen LogP contribution in [0.4, 0.5) is 0 Å². The molecule has 0 fully saturated rings. The van der Waals surface area contributed by atoms with E-state index in [-0.39, 0.29) is 12.2 Å². The summed E-state index contributed by atoms with van der Waals surface area (Å²) in [7, 11) is 0. The first kappa shape index (κ1) is 22.4. The minimum absolute atomic E-state index is 0.221. The fourth-order valence-corrected chi connectivity index (χ4v) is 2.93. The van der Waals surface area contributed by atoms with Crippen molar-refractivity contribution in [2.75, 3.05) is 0 Å². The van der Waals surface area contributed by atoms with Gasteiger partial charge in [-0.05, 0) is 32.1 Å². The summed E-state index contributed by atoms with van der Waals surface area (Å²) in [6, 6.07) is 0. The zero-order valence-electron chi connectivity index (χ0n) is 15.8. The SMILES string of the molecule is CCCCCCC(/C=C/CC/C=C/CCC(C(=O)O)C1CC=NO1)OO. The Morgan fingerprint density at radius 3 is 2.65 bits per heavy atom. The van der Waals surface area contributed by atoms with Crippen LogP contribution in [0.15, 0.2) is 29.5 Å². The fraction of sp³-hybridized carbons (Fsp3) is 0.700. The maximum absolute atomic E-state index is 11.3. The highest BCUT2D eigenvalue weighted by Gasteiger charge is 2.30. The van der Waals surface area contributed by atoms with Crippen molar-refractivity contribution in [2.24, 2.45) is 11.1 Å². The van der Waals surface area contributed by atoms with Crippen molar-refractivity contribution in [3.8, 4) is 0 Å². The van der Waals surface area contributed by atoms with E-state index in [0.717, 1.165) is 25.7 Å². The molecule has 148 valence electrons. The molecule has 1 aliphatic heterocycles. The highest BCUT2D eigenvalue weighted by molar-refractivity contribution is 5.72. The lowest BCUT2D eigenvalue weighted by Crippen LogP contribution is -2.27. The van der Waals surface area contributed by atoms with Crippen LogP contribution < -0.4 is 0 Å². The third-order valence-electron chi connectivity index (χ3n) is 4.51. The summed E-state index contributed by atoms with van der Waals surface area (Å²) in [5.74, 6) is -1.34. The summed E-state index contributed by atoms with van der Waals surface area (Å²) in [6.07, 6.45) is 18.1. The Morgan fingerprint density at radius 2 is 2.00 bits per heavy atom. The summed E-state index contributed by atoms with van der Waals surface area (Å²) in [6.45, 7) is 2.17. The van der Waals surface area contributed by atoms with Crippen LogP contribution in [-0.2, 0) is 14.5 Å². The molecular weight excluding hydrogens is 334 g/mol. The molecule has 0 aromatic heterocycles. The summed E-state index contributed by atoms with van der Waals surface area (Å²) < 4.78 is 0. The lowest BCUT2D eigenvalue weighted by Gasteiger charge is -2.16. The third kappa shape index (κ3) is 9.73. The largest absolute Gasteiger partial charge is 0.481 e. The van der Waals surface area contributed by atoms with Crippen LogP contribution in [0.25, 0.3) is 0 Å². The zero-order chi connectivity index (χ0) is 19.0. The van der Waals surface area contributed by atoms with Gasteiger partial charge in [0.15, 0.2) is 0 Å². The number of unbranched alkanes of at least 4 members (excludes halogenated alkanes) is 4. The first-order valence-electron chi connectivity index (χ1n) is 9.71. The van der Waals surface area contributed by atoms with Gasteiger partial charge in [0.25, 0.3) is 0 Å². The Labute approximate surface area is 156 Å². The van der Waals surface area contributed by atoms with E-state index in [4.69, 9.17) is 10.1 Å². The Bertz CT molecular complexity index is 453. The Hall–Kier alpha value is -1.66. The third-order valence-corrected chi connectivity index (χ3v) is 4.51. The van der Waals surface area contributed by atoms with Crippen LogP contribution in [0.3, 0.4) is 0 Å². The minimum Gasteiger partial charge on any atom is -0.481 e. The van der Waals surface area contributed by atoms with Crippen molar-refractivity contribution >= 4 is 12.2 Å². The van der Waals surface area contributed by atoms with Gasteiger partial charge in [0.1, 0.15) is 12.2 Å². The van der Waals surface area contributed by atoms with Gasteiger partial charge in [0, 0.05) is 12.6 Å². The van der Waals surface area contributed by atoms with Gasteiger partial charge in [-0.2, -0.15) is 0 Å². The smallest absolute Gasteiger partial charge is 0.310 e. The van der Waals surface area contributed by atoms with E-state index in [1.165, 1.54) is 19.3 Å². The number of nitrogens with zero attached hydrogens (tertiary/aromatic N) is 1. The minimum atomic E-state index is -0.828. The van der Waals surface area contributed by atoms with Crippen LogP contribution in [0.2, 0.25) is 0 Å². The lowest BCUT2D eigenvalue weighted by molar-refractivity contribution is -0.267. The molecule has 0 spiro atoms. The molecule has 3 atom stereocenters. The summed E-state index contributed by atoms with van der Waals surface area (Å²) >= 11 is 0. The van der Waals surface area contributed by atoms with Crippen molar-refractivity contribution in [2.45, 2.75) is 83.3 Å². The fourth-order valence-electron chi connectivity index (χ4n) is 2.93. The molecule has 0 radical (unpaired) electrons. The number of carboxylic acid groups (broad SMARTS) is 1. The molecule has 3 unspecified atom stereocenters. The van der Waals surface area contributed by atoms with E-state index in [1.54, 1.807) is 6.21 Å². The number of carboxylic acids is 1. The summed E-state index contributed by atoms with van der Waals surface area (Å²) in [5, 5.41) is 21.8. The highest BCUT2D eigenvalue weighted by atomic mass is 17.1. The lowest BCUT2D eigenvalue weighted by atomic mass is 9.95. The molecule has 6 nitrogen and oxygen atoms in total. The van der Waals surface area contributed by atoms with Gasteiger partial charge in [-0.25, -0.2) is 4.89 Å². The molecule has 0 bridgehead atoms. The second kappa shape index (κ2) is 14.5. The molecule has 1 aliphatic rings. The predicted molar refractivity (Wildman–Crippen MR) is 102 cm³/mol. The number of hydrogen-bond donors (Lipinski definition) is 2. The number of rotatable bonds is 15. The van der Waals surface area contributed by atoms with Crippen molar-refractivity contribution in [3.05, 3.63) is 24.3 Å². The topological polar surface area (TPSA) is 88.4 Å². The maximum atomic E-state index is 11.3. The molecule has 0 saturated carbocycles. The van der Waals surface area contributed by atoms with Gasteiger partial charge in [0.05, 0.1) is 5.92 Å². The average Bonchev–Trinajstić information content (AvgIpc) is 3.16. The second-order valence-electron chi connectivity index (χ2n) is 6.66. The second-order valence-corrected chi connectivity index (χ2v) is 6.66. The van der Waals surface area contributed by atoms with E-state index in [0.29, 0.717) is 19.3 Å². The van der Waals surface area contributed by atoms with Gasteiger partial charge < -0.3 is 9.94 Å². The molecule has 0 amide bonds. The number of aliphatic carboxylic acids is 1. The van der Waals surface area contributed by atoms with Crippen molar-refractivity contribution in [1.29, 1.82) is 0 Å². The standard InChI is InChI=1S/C20H33NO5/c1-2-3-4-9-12-17(26-24)13-10-7-5-6-8-11-14-18(20(22)23)19-15-16-21-25-19/h6,8,10,13,16-19,24H,2-5,7,9,11-12,14-15H2,1H3,(H,22,23)/b8-6+,13-10+. The van der Waals surface area contributed by atoms with Crippen molar-refractivity contribution in [3.63, 3.8) is 0 Å². The molecule has 0 aliphatic carbocycles. The van der Waals surface area contributed by atoms with Gasteiger partial charge >= 0.3 is 5.97 Å². The van der Waals surface area contributed by atoms with Crippen LogP contribution in [0, 0.1) is 5.92 Å². The molecule has 0 aromatic carbocycles.